The maximum Gasteiger partial charge on any atom is 0.326 e. The van der Waals surface area contributed by atoms with Crippen LogP contribution in [0, 0.1) is 0 Å². The molecule has 7 nitrogen and oxygen atoms in total. The molecule has 130 valence electrons. The molecule has 0 spiro atoms. The van der Waals surface area contributed by atoms with Gasteiger partial charge in [-0.1, -0.05) is 30.3 Å². The van der Waals surface area contributed by atoms with Crippen LogP contribution in [0.4, 0.5) is 4.79 Å². The number of esters is 1. The Bertz CT molecular complexity index is 570. The molecule has 0 aliphatic carbocycles. The van der Waals surface area contributed by atoms with Crippen molar-refractivity contribution in [1.29, 1.82) is 0 Å². The van der Waals surface area contributed by atoms with E-state index in [1.165, 1.54) is 0 Å². The maximum atomic E-state index is 12.0. The number of benzene rings is 1. The average molecular weight is 333 g/mol. The number of amides is 3. The van der Waals surface area contributed by atoms with Gasteiger partial charge in [-0.25, -0.2) is 4.79 Å². The fourth-order valence-electron chi connectivity index (χ4n) is 2.48. The average Bonchev–Trinajstić information content (AvgIpc) is 3.13. The summed E-state index contributed by atoms with van der Waals surface area (Å²) in [6.07, 6.45) is 1.13. The third-order valence-electron chi connectivity index (χ3n) is 3.76. The van der Waals surface area contributed by atoms with Gasteiger partial charge in [0.05, 0.1) is 0 Å². The standard InChI is InChI=1S/C17H23N3O4/c1-13(16(22)20-9-5-6-10-20)24-15(21)12-19-17(23)18-11-14-7-3-2-4-8-14/h2-4,7-8,13H,5-6,9-12H2,1H3,(H2,18,19,23). The Kier molecular flexibility index (Phi) is 6.60. The highest BCUT2D eigenvalue weighted by Gasteiger charge is 2.25. The number of urea groups is 1. The summed E-state index contributed by atoms with van der Waals surface area (Å²) in [7, 11) is 0. The van der Waals surface area contributed by atoms with E-state index in [9.17, 15) is 14.4 Å². The van der Waals surface area contributed by atoms with E-state index < -0.39 is 18.1 Å². The van der Waals surface area contributed by atoms with Crippen LogP contribution < -0.4 is 10.6 Å². The topological polar surface area (TPSA) is 87.7 Å². The van der Waals surface area contributed by atoms with E-state index in [1.807, 2.05) is 30.3 Å². The van der Waals surface area contributed by atoms with E-state index in [1.54, 1.807) is 11.8 Å². The van der Waals surface area contributed by atoms with Crippen LogP contribution in [0.25, 0.3) is 0 Å². The van der Waals surface area contributed by atoms with Crippen molar-refractivity contribution in [3.63, 3.8) is 0 Å². The molecule has 2 N–H and O–H groups in total. The number of nitrogens with zero attached hydrogens (tertiary/aromatic N) is 1. The normalized spacial score (nSPS) is 14.8. The predicted octanol–water partition coefficient (Wildman–Crippen LogP) is 1.04. The van der Waals surface area contributed by atoms with Crippen molar-refractivity contribution in [2.75, 3.05) is 19.6 Å². The quantitative estimate of drug-likeness (QED) is 0.762. The molecule has 1 aromatic rings. The van der Waals surface area contributed by atoms with E-state index in [0.717, 1.165) is 18.4 Å². The van der Waals surface area contributed by atoms with Crippen LogP contribution in [-0.4, -0.2) is 48.5 Å². The van der Waals surface area contributed by atoms with Gasteiger partial charge in [0.2, 0.25) is 0 Å². The number of hydrogen-bond acceptors (Lipinski definition) is 4. The zero-order valence-electron chi connectivity index (χ0n) is 13.8. The molecule has 1 heterocycles. The molecule has 24 heavy (non-hydrogen) atoms. The van der Waals surface area contributed by atoms with Gasteiger partial charge in [0.15, 0.2) is 6.10 Å². The molecule has 1 saturated heterocycles. The number of likely N-dealkylation sites (tertiary alicyclic amines) is 1. The first-order chi connectivity index (χ1) is 11.6. The summed E-state index contributed by atoms with van der Waals surface area (Å²) in [6, 6.07) is 8.97. The number of hydrogen-bond donors (Lipinski definition) is 2. The van der Waals surface area contributed by atoms with Crippen molar-refractivity contribution < 1.29 is 19.1 Å². The molecule has 1 fully saturated rings. The van der Waals surface area contributed by atoms with E-state index in [2.05, 4.69) is 10.6 Å². The first kappa shape index (κ1) is 17.8. The second-order valence-corrected chi connectivity index (χ2v) is 5.69. The SMILES string of the molecule is CC(OC(=O)CNC(=O)NCc1ccccc1)C(=O)N1CCCC1. The minimum absolute atomic E-state index is 0.186. The zero-order chi connectivity index (χ0) is 17.4. The fraction of sp³-hybridized carbons (Fsp3) is 0.471. The molecule has 1 unspecified atom stereocenters. The molecule has 1 atom stereocenters. The van der Waals surface area contributed by atoms with Gasteiger partial charge in [0, 0.05) is 19.6 Å². The second kappa shape index (κ2) is 8.90. The van der Waals surface area contributed by atoms with Gasteiger partial charge < -0.3 is 20.3 Å². The molecule has 0 bridgehead atoms. The van der Waals surface area contributed by atoms with Crippen molar-refractivity contribution in [2.45, 2.75) is 32.4 Å². The maximum absolute atomic E-state index is 12.0. The number of ether oxygens (including phenoxy) is 1. The highest BCUT2D eigenvalue weighted by Crippen LogP contribution is 2.10. The molecule has 0 saturated carbocycles. The monoisotopic (exact) mass is 333 g/mol. The highest BCUT2D eigenvalue weighted by atomic mass is 16.5. The van der Waals surface area contributed by atoms with Crippen LogP contribution >= 0.6 is 0 Å². The summed E-state index contributed by atoms with van der Waals surface area (Å²) in [4.78, 5) is 37.1. The Morgan fingerprint density at radius 1 is 1.12 bits per heavy atom. The Morgan fingerprint density at radius 2 is 1.79 bits per heavy atom. The largest absolute Gasteiger partial charge is 0.451 e. The smallest absolute Gasteiger partial charge is 0.326 e. The van der Waals surface area contributed by atoms with Crippen LogP contribution in [-0.2, 0) is 20.9 Å². The Morgan fingerprint density at radius 3 is 2.46 bits per heavy atom. The Hall–Kier alpha value is -2.57. The number of carbonyl (C=O) groups excluding carboxylic acids is 3. The molecular weight excluding hydrogens is 310 g/mol. The van der Waals surface area contributed by atoms with Crippen LogP contribution in [0.2, 0.25) is 0 Å². The van der Waals surface area contributed by atoms with Gasteiger partial charge in [-0.2, -0.15) is 0 Å². The van der Waals surface area contributed by atoms with Crippen molar-refractivity contribution in [3.8, 4) is 0 Å². The van der Waals surface area contributed by atoms with E-state index in [0.29, 0.717) is 19.6 Å². The summed E-state index contributed by atoms with van der Waals surface area (Å²) in [5.41, 5.74) is 0.958. The number of carbonyl (C=O) groups is 3. The lowest BCUT2D eigenvalue weighted by molar-refractivity contribution is -0.157. The minimum atomic E-state index is -0.829. The van der Waals surface area contributed by atoms with Crippen LogP contribution in [0.15, 0.2) is 30.3 Å². The third-order valence-corrected chi connectivity index (χ3v) is 3.76. The van der Waals surface area contributed by atoms with E-state index in [-0.39, 0.29) is 12.5 Å². The van der Waals surface area contributed by atoms with E-state index >= 15 is 0 Å². The molecule has 0 aromatic heterocycles. The van der Waals surface area contributed by atoms with Crippen molar-refractivity contribution in [3.05, 3.63) is 35.9 Å². The lowest BCUT2D eigenvalue weighted by Gasteiger charge is -2.20. The summed E-state index contributed by atoms with van der Waals surface area (Å²) in [5.74, 6) is -0.820. The van der Waals surface area contributed by atoms with E-state index in [4.69, 9.17) is 4.74 Å². The van der Waals surface area contributed by atoms with Crippen LogP contribution in [0.1, 0.15) is 25.3 Å². The number of nitrogens with one attached hydrogen (secondary N) is 2. The highest BCUT2D eigenvalue weighted by molar-refractivity contribution is 5.85. The molecule has 2 rings (SSSR count). The third kappa shape index (κ3) is 5.57. The van der Waals surface area contributed by atoms with Crippen LogP contribution in [0.5, 0.6) is 0 Å². The van der Waals surface area contributed by atoms with Gasteiger partial charge in [0.1, 0.15) is 6.54 Å². The van der Waals surface area contributed by atoms with Gasteiger partial charge in [-0.3, -0.25) is 9.59 Å². The molecule has 1 aromatic carbocycles. The summed E-state index contributed by atoms with van der Waals surface area (Å²) in [6.45, 7) is 3.06. The summed E-state index contributed by atoms with van der Waals surface area (Å²) >= 11 is 0. The van der Waals surface area contributed by atoms with Crippen LogP contribution in [0.3, 0.4) is 0 Å². The second-order valence-electron chi connectivity index (χ2n) is 5.69. The Labute approximate surface area is 141 Å². The summed E-state index contributed by atoms with van der Waals surface area (Å²) < 4.78 is 5.07. The molecular formula is C17H23N3O4. The molecule has 1 aliphatic heterocycles. The van der Waals surface area contributed by atoms with Gasteiger partial charge in [0.25, 0.3) is 5.91 Å². The fourth-order valence-corrected chi connectivity index (χ4v) is 2.48. The molecule has 7 heteroatoms. The Balaban J connectivity index is 1.64. The molecule has 0 radical (unpaired) electrons. The first-order valence-electron chi connectivity index (χ1n) is 8.10. The van der Waals surface area contributed by atoms with Crippen molar-refractivity contribution in [1.82, 2.24) is 15.5 Å². The molecule has 3 amide bonds. The van der Waals surface area contributed by atoms with Gasteiger partial charge in [-0.05, 0) is 25.3 Å². The van der Waals surface area contributed by atoms with Crippen molar-refractivity contribution in [2.24, 2.45) is 0 Å². The predicted molar refractivity (Wildman–Crippen MR) is 88.0 cm³/mol. The minimum Gasteiger partial charge on any atom is -0.451 e. The van der Waals surface area contributed by atoms with Crippen molar-refractivity contribution >= 4 is 17.9 Å². The molecule has 1 aliphatic rings. The summed E-state index contributed by atoms with van der Waals surface area (Å²) in [5, 5.41) is 5.06. The lowest BCUT2D eigenvalue weighted by atomic mass is 10.2. The van der Waals surface area contributed by atoms with Gasteiger partial charge in [-0.15, -0.1) is 0 Å². The number of rotatable bonds is 6. The lowest BCUT2D eigenvalue weighted by Crippen LogP contribution is -2.42. The first-order valence-corrected chi connectivity index (χ1v) is 8.10. The van der Waals surface area contributed by atoms with Gasteiger partial charge >= 0.3 is 12.0 Å². The zero-order valence-corrected chi connectivity index (χ0v) is 13.8.